The third kappa shape index (κ3) is 4.54. The number of nitrogens with zero attached hydrogens (tertiary/aromatic N) is 2. The molecule has 0 aliphatic heterocycles. The quantitative estimate of drug-likeness (QED) is 0.752. The van der Waals surface area contributed by atoms with Crippen molar-refractivity contribution in [2.24, 2.45) is 0 Å². The minimum Gasteiger partial charge on any atom is -0.345 e. The van der Waals surface area contributed by atoms with E-state index in [0.29, 0.717) is 11.8 Å². The van der Waals surface area contributed by atoms with Crippen molar-refractivity contribution in [3.63, 3.8) is 0 Å². The van der Waals surface area contributed by atoms with Crippen LogP contribution in [0.5, 0.6) is 0 Å². The first-order valence-corrected chi connectivity index (χ1v) is 4.88. The first-order chi connectivity index (χ1) is 8.41. The van der Waals surface area contributed by atoms with E-state index >= 15 is 0 Å². The summed E-state index contributed by atoms with van der Waals surface area (Å²) in [7, 11) is 0. The molecule has 0 aliphatic rings. The SMILES string of the molecule is FC(F)(F)c1conn1.O=C(Cl)c1ccccc1. The van der Waals surface area contributed by atoms with Crippen LogP contribution in [0.25, 0.3) is 0 Å². The van der Waals surface area contributed by atoms with Gasteiger partial charge in [-0.2, -0.15) is 13.2 Å². The smallest absolute Gasteiger partial charge is 0.345 e. The molecule has 0 bridgehead atoms. The maximum Gasteiger partial charge on any atom is 0.438 e. The highest BCUT2D eigenvalue weighted by Gasteiger charge is 2.34. The van der Waals surface area contributed by atoms with Crippen molar-refractivity contribution < 1.29 is 22.5 Å². The number of hydrogen-bond acceptors (Lipinski definition) is 4. The lowest BCUT2D eigenvalue weighted by atomic mass is 10.2. The lowest BCUT2D eigenvalue weighted by molar-refractivity contribution is -0.141. The number of halogens is 4. The molecule has 0 saturated heterocycles. The van der Waals surface area contributed by atoms with E-state index in [1.54, 1.807) is 24.3 Å². The molecule has 2 rings (SSSR count). The number of hydrogen-bond donors (Lipinski definition) is 0. The summed E-state index contributed by atoms with van der Waals surface area (Å²) in [6, 6.07) is 8.74. The van der Waals surface area contributed by atoms with Crippen LogP contribution in [0.2, 0.25) is 0 Å². The van der Waals surface area contributed by atoms with E-state index in [4.69, 9.17) is 11.6 Å². The third-order valence-corrected chi connectivity index (χ3v) is 1.87. The zero-order chi connectivity index (χ0) is 13.6. The van der Waals surface area contributed by atoms with E-state index in [2.05, 4.69) is 14.9 Å². The molecule has 2 aromatic rings. The number of carbonyl (C=O) groups excluding carboxylic acids is 1. The van der Waals surface area contributed by atoms with Gasteiger partial charge < -0.3 is 4.52 Å². The van der Waals surface area contributed by atoms with Crippen molar-refractivity contribution in [1.29, 1.82) is 0 Å². The predicted molar refractivity (Wildman–Crippen MR) is 55.9 cm³/mol. The second-order valence-corrected chi connectivity index (χ2v) is 3.27. The van der Waals surface area contributed by atoms with Gasteiger partial charge in [0.1, 0.15) is 0 Å². The van der Waals surface area contributed by atoms with E-state index in [-0.39, 0.29) is 0 Å². The summed E-state index contributed by atoms with van der Waals surface area (Å²) in [5.74, 6) is 0. The van der Waals surface area contributed by atoms with Gasteiger partial charge in [0.2, 0.25) is 5.69 Å². The van der Waals surface area contributed by atoms with Crippen LogP contribution in [0.4, 0.5) is 13.2 Å². The number of carbonyl (C=O) groups is 1. The average molecular weight is 279 g/mol. The Morgan fingerprint density at radius 2 is 1.83 bits per heavy atom. The average Bonchev–Trinajstić information content (AvgIpc) is 2.84. The summed E-state index contributed by atoms with van der Waals surface area (Å²) in [5, 5.41) is 4.88. The monoisotopic (exact) mass is 278 g/mol. The van der Waals surface area contributed by atoms with Gasteiger partial charge in [0.25, 0.3) is 5.24 Å². The van der Waals surface area contributed by atoms with Gasteiger partial charge in [0, 0.05) is 10.8 Å². The topological polar surface area (TPSA) is 56.0 Å². The van der Waals surface area contributed by atoms with Crippen LogP contribution in [0.1, 0.15) is 16.1 Å². The molecule has 96 valence electrons. The molecule has 0 amide bonds. The van der Waals surface area contributed by atoms with Crippen molar-refractivity contribution in [2.45, 2.75) is 6.18 Å². The number of aromatic nitrogens is 2. The molecule has 18 heavy (non-hydrogen) atoms. The molecule has 8 heteroatoms. The van der Waals surface area contributed by atoms with Crippen LogP contribution < -0.4 is 0 Å². The van der Waals surface area contributed by atoms with Gasteiger partial charge >= 0.3 is 6.18 Å². The highest BCUT2D eigenvalue weighted by Crippen LogP contribution is 2.26. The van der Waals surface area contributed by atoms with Crippen LogP contribution in [-0.2, 0) is 6.18 Å². The van der Waals surface area contributed by atoms with Crippen LogP contribution in [-0.4, -0.2) is 15.6 Å². The Labute approximate surface area is 104 Å². The minimum absolute atomic E-state index is 0.407. The van der Waals surface area contributed by atoms with E-state index < -0.39 is 17.1 Å². The Morgan fingerprint density at radius 1 is 1.22 bits per heavy atom. The van der Waals surface area contributed by atoms with Gasteiger partial charge in [0.05, 0.1) is 0 Å². The predicted octanol–water partition coefficient (Wildman–Crippen LogP) is 3.15. The van der Waals surface area contributed by atoms with Crippen molar-refractivity contribution in [2.75, 3.05) is 0 Å². The highest BCUT2D eigenvalue weighted by atomic mass is 35.5. The fourth-order valence-electron chi connectivity index (χ4n) is 0.857. The molecular weight excluding hydrogens is 273 g/mol. The van der Waals surface area contributed by atoms with Crippen LogP contribution in [0.3, 0.4) is 0 Å². The summed E-state index contributed by atoms with van der Waals surface area (Å²) in [6.07, 6.45) is -4.00. The number of rotatable bonds is 1. The maximum absolute atomic E-state index is 11.5. The van der Waals surface area contributed by atoms with Crippen molar-refractivity contribution in [1.82, 2.24) is 10.4 Å². The molecule has 0 fully saturated rings. The van der Waals surface area contributed by atoms with Crippen LogP contribution in [0, 0.1) is 0 Å². The molecular formula is C10H6ClF3N2O2. The fourth-order valence-corrected chi connectivity index (χ4v) is 0.983. The Kier molecular flexibility index (Phi) is 4.85. The highest BCUT2D eigenvalue weighted by molar-refractivity contribution is 6.67. The molecule has 0 aliphatic carbocycles. The molecule has 1 aromatic heterocycles. The first kappa shape index (κ1) is 14.2. The van der Waals surface area contributed by atoms with E-state index in [1.807, 2.05) is 6.07 Å². The van der Waals surface area contributed by atoms with Gasteiger partial charge in [-0.25, -0.2) is 0 Å². The Balaban J connectivity index is 0.000000180. The molecule has 0 saturated carbocycles. The zero-order valence-electron chi connectivity index (χ0n) is 8.69. The minimum atomic E-state index is -4.44. The molecule has 4 nitrogen and oxygen atoms in total. The second kappa shape index (κ2) is 6.15. The van der Waals surface area contributed by atoms with E-state index in [1.165, 1.54) is 0 Å². The van der Waals surface area contributed by atoms with Gasteiger partial charge in [-0.05, 0) is 11.6 Å². The zero-order valence-corrected chi connectivity index (χ0v) is 9.44. The second-order valence-electron chi connectivity index (χ2n) is 2.93. The summed E-state index contributed by atoms with van der Waals surface area (Å²) >= 11 is 5.16. The van der Waals surface area contributed by atoms with Crippen LogP contribution >= 0.6 is 11.6 Å². The standard InChI is InChI=1S/C7H5ClO.C3HF3N2O/c8-7(9)6-4-2-1-3-5-6;4-3(5,6)2-1-9-8-7-2/h1-5H;1H. The van der Waals surface area contributed by atoms with Crippen molar-refractivity contribution in [3.8, 4) is 0 Å². The molecule has 0 radical (unpaired) electrons. The molecule has 1 aromatic carbocycles. The number of benzene rings is 1. The largest absolute Gasteiger partial charge is 0.438 e. The van der Waals surface area contributed by atoms with Crippen molar-refractivity contribution in [3.05, 3.63) is 47.9 Å². The summed E-state index contributed by atoms with van der Waals surface area (Å²) < 4.78 is 38.2. The van der Waals surface area contributed by atoms with Gasteiger partial charge in [0.15, 0.2) is 6.26 Å². The fraction of sp³-hybridized carbons (Fsp3) is 0.100. The molecule has 0 atom stereocenters. The first-order valence-electron chi connectivity index (χ1n) is 4.50. The lowest BCUT2D eigenvalue weighted by Gasteiger charge is -1.96. The molecule has 0 unspecified atom stereocenters. The lowest BCUT2D eigenvalue weighted by Crippen LogP contribution is -2.04. The maximum atomic E-state index is 11.5. The van der Waals surface area contributed by atoms with Gasteiger partial charge in [-0.15, -0.1) is 5.10 Å². The molecule has 1 heterocycles. The molecule has 0 N–H and O–H groups in total. The third-order valence-electron chi connectivity index (χ3n) is 1.65. The normalized spacial score (nSPS) is 10.4. The summed E-state index contributed by atoms with van der Waals surface area (Å²) in [5.41, 5.74) is -0.568. The summed E-state index contributed by atoms with van der Waals surface area (Å²) in [4.78, 5) is 10.4. The van der Waals surface area contributed by atoms with E-state index in [0.717, 1.165) is 0 Å². The van der Waals surface area contributed by atoms with Gasteiger partial charge in [-0.1, -0.05) is 30.3 Å². The van der Waals surface area contributed by atoms with E-state index in [9.17, 15) is 18.0 Å². The Hall–Kier alpha value is -1.89. The Morgan fingerprint density at radius 3 is 2.11 bits per heavy atom. The number of alkyl halides is 3. The van der Waals surface area contributed by atoms with Gasteiger partial charge in [-0.3, -0.25) is 4.79 Å². The molecule has 0 spiro atoms. The Bertz CT molecular complexity index is 486. The van der Waals surface area contributed by atoms with Crippen molar-refractivity contribution >= 4 is 16.8 Å². The summed E-state index contributed by atoms with van der Waals surface area (Å²) in [6.45, 7) is 0. The van der Waals surface area contributed by atoms with Crippen LogP contribution in [0.15, 0.2) is 41.1 Å².